The van der Waals surface area contributed by atoms with Crippen LogP contribution in [0.25, 0.3) is 88.1 Å². The Morgan fingerprint density at radius 2 is 1.25 bits per heavy atom. The summed E-state index contributed by atoms with van der Waals surface area (Å²) < 4.78 is 10.2. The molecule has 0 aliphatic carbocycles. The molecule has 0 saturated carbocycles. The topological polar surface area (TPSA) is 30.7 Å². The molecule has 5 aromatic carbocycles. The fourth-order valence-corrected chi connectivity index (χ4v) is 10.1. The van der Waals surface area contributed by atoms with Crippen LogP contribution in [0.1, 0.15) is 0 Å². The number of aromatic nitrogens is 3. The first-order valence-corrected chi connectivity index (χ1v) is 15.6. The average molecular weight is 564 g/mol. The monoisotopic (exact) mass is 563 g/mol. The molecule has 0 spiro atoms. The molecule has 0 bridgehead atoms. The zero-order chi connectivity index (χ0) is 25.9. The average Bonchev–Trinajstić information content (AvgIpc) is 3.75. The minimum atomic E-state index is 1.04. The number of hydrogen-bond donors (Lipinski definition) is 0. The van der Waals surface area contributed by atoms with Crippen LogP contribution < -0.4 is 0 Å². The molecule has 6 heteroatoms. The van der Waals surface area contributed by atoms with Crippen molar-refractivity contribution < 1.29 is 0 Å². The summed E-state index contributed by atoms with van der Waals surface area (Å²) >= 11 is 5.57. The number of thiophene rings is 3. The smallest absolute Gasteiger partial charge is 0.116 e. The molecule has 40 heavy (non-hydrogen) atoms. The largest absolute Gasteiger partial charge is 0.309 e. The first kappa shape index (κ1) is 21.5. The fourth-order valence-electron chi connectivity index (χ4n) is 6.53. The molecular formula is C34H17N3S3. The van der Waals surface area contributed by atoms with Gasteiger partial charge in [-0.2, -0.15) is 0 Å². The maximum absolute atomic E-state index is 4.83. The third kappa shape index (κ3) is 2.63. The van der Waals surface area contributed by atoms with Gasteiger partial charge in [0.25, 0.3) is 0 Å². The summed E-state index contributed by atoms with van der Waals surface area (Å²) in [5, 5.41) is 9.05. The van der Waals surface area contributed by atoms with Gasteiger partial charge in [0.1, 0.15) is 6.33 Å². The number of benzene rings is 5. The van der Waals surface area contributed by atoms with Crippen LogP contribution in [-0.4, -0.2) is 14.5 Å². The van der Waals surface area contributed by atoms with E-state index >= 15 is 0 Å². The van der Waals surface area contributed by atoms with Crippen molar-refractivity contribution in [1.29, 1.82) is 0 Å². The Kier molecular flexibility index (Phi) is 4.10. The Morgan fingerprint density at radius 1 is 0.550 bits per heavy atom. The van der Waals surface area contributed by atoms with Crippen LogP contribution in [0, 0.1) is 0 Å². The minimum absolute atomic E-state index is 1.04. The van der Waals surface area contributed by atoms with Crippen molar-refractivity contribution in [2.75, 3.05) is 0 Å². The third-order valence-electron chi connectivity index (χ3n) is 8.14. The Bertz CT molecular complexity index is 2670. The lowest BCUT2D eigenvalue weighted by Gasteiger charge is -2.10. The van der Waals surface area contributed by atoms with Crippen LogP contribution in [0.5, 0.6) is 0 Å². The second kappa shape index (κ2) is 7.64. The number of rotatable bonds is 1. The van der Waals surface area contributed by atoms with Crippen LogP contribution in [0.4, 0.5) is 0 Å². The maximum atomic E-state index is 4.83. The van der Waals surface area contributed by atoms with Crippen molar-refractivity contribution in [3.05, 3.63) is 104 Å². The number of nitrogens with zero attached hydrogens (tertiary/aromatic N) is 3. The van der Waals surface area contributed by atoms with Crippen molar-refractivity contribution in [3.63, 3.8) is 0 Å². The highest BCUT2D eigenvalue weighted by Gasteiger charge is 2.25. The number of fused-ring (bicyclic) bond motifs is 15. The molecule has 0 radical (unpaired) electrons. The Balaban J connectivity index is 1.51. The molecule has 0 N–H and O–H groups in total. The van der Waals surface area contributed by atoms with Crippen LogP contribution in [0.15, 0.2) is 104 Å². The zero-order valence-electron chi connectivity index (χ0n) is 20.9. The molecule has 186 valence electrons. The van der Waals surface area contributed by atoms with Crippen LogP contribution in [0.2, 0.25) is 0 Å². The third-order valence-corrected chi connectivity index (χ3v) is 11.7. The standard InChI is InChI=1S/C34H17N3S3/c1-4-10-23-20(8-1)28-30-31-27(16-35-17-36-31)40-34(30)33-29(21-9-3-6-12-25(21)39-33)32(28)37(23)18-13-14-26-22(15-18)19-7-2-5-11-24(19)38-26/h1-17H. The molecule has 0 atom stereocenters. The second-order valence-electron chi connectivity index (χ2n) is 10.2. The van der Waals surface area contributed by atoms with E-state index in [0.29, 0.717) is 0 Å². The lowest BCUT2D eigenvalue weighted by atomic mass is 10.0. The highest BCUT2D eigenvalue weighted by Crippen LogP contribution is 2.51. The van der Waals surface area contributed by atoms with Crippen molar-refractivity contribution >= 4 is 116 Å². The summed E-state index contributed by atoms with van der Waals surface area (Å²) in [6.45, 7) is 0. The van der Waals surface area contributed by atoms with Gasteiger partial charge in [-0.3, -0.25) is 0 Å². The minimum Gasteiger partial charge on any atom is -0.309 e. The van der Waals surface area contributed by atoms with E-state index in [9.17, 15) is 0 Å². The molecule has 0 saturated heterocycles. The molecule has 5 aromatic heterocycles. The second-order valence-corrected chi connectivity index (χ2v) is 13.4. The van der Waals surface area contributed by atoms with E-state index in [1.807, 2.05) is 40.2 Å². The van der Waals surface area contributed by atoms with Crippen molar-refractivity contribution in [2.24, 2.45) is 0 Å². The molecule has 0 unspecified atom stereocenters. The number of para-hydroxylation sites is 1. The highest BCUT2D eigenvalue weighted by molar-refractivity contribution is 7.33. The summed E-state index contributed by atoms with van der Waals surface area (Å²) in [7, 11) is 0. The SMILES string of the molecule is c1ccc2c(c1)sc1ccc(-n3c4ccccc4c4c5c6ncncc6sc5c5sc6ccccc6c5c43)cc12. The summed E-state index contributed by atoms with van der Waals surface area (Å²) in [5.74, 6) is 0. The van der Waals surface area contributed by atoms with Crippen molar-refractivity contribution in [2.45, 2.75) is 0 Å². The molecule has 5 heterocycles. The van der Waals surface area contributed by atoms with Crippen molar-refractivity contribution in [1.82, 2.24) is 14.5 Å². The summed E-state index contributed by atoms with van der Waals surface area (Å²) in [6.07, 6.45) is 3.65. The van der Waals surface area contributed by atoms with E-state index in [2.05, 4.69) is 101 Å². The lowest BCUT2D eigenvalue weighted by molar-refractivity contribution is 1.19. The van der Waals surface area contributed by atoms with Gasteiger partial charge in [-0.1, -0.05) is 54.6 Å². The summed E-state index contributed by atoms with van der Waals surface area (Å²) in [6, 6.07) is 33.4. The molecule has 10 rings (SSSR count). The van der Waals surface area contributed by atoms with Gasteiger partial charge < -0.3 is 4.57 Å². The van der Waals surface area contributed by atoms with E-state index in [0.717, 1.165) is 10.2 Å². The van der Waals surface area contributed by atoms with Crippen LogP contribution in [-0.2, 0) is 0 Å². The van der Waals surface area contributed by atoms with E-state index in [-0.39, 0.29) is 0 Å². The molecule has 0 aliphatic heterocycles. The van der Waals surface area contributed by atoms with E-state index in [1.165, 1.54) is 77.9 Å². The van der Waals surface area contributed by atoms with Gasteiger partial charge in [-0.15, -0.1) is 34.0 Å². The van der Waals surface area contributed by atoms with Gasteiger partial charge in [-0.25, -0.2) is 9.97 Å². The lowest BCUT2D eigenvalue weighted by Crippen LogP contribution is -1.94. The van der Waals surface area contributed by atoms with Gasteiger partial charge in [0.2, 0.25) is 0 Å². The van der Waals surface area contributed by atoms with Gasteiger partial charge >= 0.3 is 0 Å². The van der Waals surface area contributed by atoms with Crippen molar-refractivity contribution in [3.8, 4) is 5.69 Å². The van der Waals surface area contributed by atoms with Crippen LogP contribution in [0.3, 0.4) is 0 Å². The fraction of sp³-hybridized carbons (Fsp3) is 0. The van der Waals surface area contributed by atoms with E-state index < -0.39 is 0 Å². The zero-order valence-corrected chi connectivity index (χ0v) is 23.3. The molecular weight excluding hydrogens is 547 g/mol. The van der Waals surface area contributed by atoms with Gasteiger partial charge in [0, 0.05) is 63.7 Å². The Hall–Kier alpha value is -4.36. The highest BCUT2D eigenvalue weighted by atomic mass is 32.1. The first-order valence-electron chi connectivity index (χ1n) is 13.2. The Labute approximate surface area is 239 Å². The van der Waals surface area contributed by atoms with Gasteiger partial charge in [-0.05, 0) is 36.4 Å². The van der Waals surface area contributed by atoms with Gasteiger partial charge in [0.15, 0.2) is 0 Å². The predicted octanol–water partition coefficient (Wildman–Crippen LogP) is 10.7. The molecule has 0 aliphatic rings. The normalized spacial score (nSPS) is 12.5. The first-order chi connectivity index (χ1) is 19.8. The summed E-state index contributed by atoms with van der Waals surface area (Å²) in [5.41, 5.74) is 4.71. The summed E-state index contributed by atoms with van der Waals surface area (Å²) in [4.78, 5) is 9.21. The Morgan fingerprint density at radius 3 is 2.15 bits per heavy atom. The van der Waals surface area contributed by atoms with Crippen LogP contribution >= 0.6 is 34.0 Å². The molecule has 10 aromatic rings. The molecule has 0 amide bonds. The quantitative estimate of drug-likeness (QED) is 0.199. The van der Waals surface area contributed by atoms with E-state index in [1.54, 1.807) is 6.33 Å². The maximum Gasteiger partial charge on any atom is 0.116 e. The predicted molar refractivity (Wildman–Crippen MR) is 175 cm³/mol. The molecule has 0 fully saturated rings. The van der Waals surface area contributed by atoms with E-state index in [4.69, 9.17) is 4.98 Å². The molecule has 3 nitrogen and oxygen atoms in total. The van der Waals surface area contributed by atoms with Gasteiger partial charge in [0.05, 0.1) is 30.6 Å². The number of hydrogen-bond acceptors (Lipinski definition) is 5.